The topological polar surface area (TPSA) is 0 Å². The zero-order valence-corrected chi connectivity index (χ0v) is 43.4. The van der Waals surface area contributed by atoms with E-state index in [-0.39, 0.29) is 0 Å². The number of hydrogen-bond acceptors (Lipinski definition) is 0. The summed E-state index contributed by atoms with van der Waals surface area (Å²) < 4.78 is 0. The molecule has 0 unspecified atom stereocenters. The predicted molar refractivity (Wildman–Crippen MR) is 294 cm³/mol. The third-order valence-electron chi connectivity index (χ3n) is 15.0. The van der Waals surface area contributed by atoms with Gasteiger partial charge in [-0.25, -0.2) is 0 Å². The molecule has 0 nitrogen and oxygen atoms in total. The fourth-order valence-electron chi connectivity index (χ4n) is 12.5. The van der Waals surface area contributed by atoms with Crippen LogP contribution in [0.2, 0.25) is 0 Å². The van der Waals surface area contributed by atoms with E-state index < -0.39 is 14.5 Å². The lowest BCUT2D eigenvalue weighted by molar-refractivity contribution is 0.932. The maximum atomic E-state index is 2.71. The van der Waals surface area contributed by atoms with Gasteiger partial charge < -0.3 is 0 Å². The summed E-state index contributed by atoms with van der Waals surface area (Å²) in [4.78, 5) is 0. The van der Waals surface area contributed by atoms with Crippen LogP contribution in [0.3, 0.4) is 0 Å². The normalized spacial score (nSPS) is 12.9. The van der Waals surface area contributed by atoms with E-state index in [9.17, 15) is 0 Å². The summed E-state index contributed by atoms with van der Waals surface area (Å²) in [7, 11) is -5.01. The van der Waals surface area contributed by atoms with Crippen LogP contribution in [0.25, 0.3) is 0 Å². The van der Waals surface area contributed by atoms with Crippen LogP contribution >= 0.6 is 14.5 Å². The Morgan fingerprint density at radius 1 is 0.242 bits per heavy atom. The molecule has 4 bridgehead atoms. The van der Waals surface area contributed by atoms with Crippen molar-refractivity contribution in [1.29, 1.82) is 0 Å². The van der Waals surface area contributed by atoms with Crippen molar-refractivity contribution in [2.24, 2.45) is 0 Å². The molecule has 0 aromatic heterocycles. The summed E-state index contributed by atoms with van der Waals surface area (Å²) in [6.07, 6.45) is 3.83. The molecule has 12 rings (SSSR count). The predicted octanol–water partition coefficient (Wildman–Crippen LogP) is 12.5. The number of hydrogen-bond donors (Lipinski definition) is 0. The molecule has 0 N–H and O–H groups in total. The molecule has 0 radical (unpaired) electrons. The van der Waals surface area contributed by atoms with Gasteiger partial charge in [0.15, 0.2) is 0 Å². The highest BCUT2D eigenvalue weighted by Crippen LogP contribution is 2.61. The van der Waals surface area contributed by atoms with E-state index in [2.05, 4.69) is 229 Å². The third kappa shape index (κ3) is 7.36. The summed E-state index contributed by atoms with van der Waals surface area (Å²) in [6.45, 7) is 28.5. The minimum absolute atomic E-state index is 0.956. The lowest BCUT2D eigenvalue weighted by atomic mass is 9.96. The third-order valence-corrected chi connectivity index (χ3v) is 25.6. The summed E-state index contributed by atoms with van der Waals surface area (Å²) in [5.74, 6) is 0. The van der Waals surface area contributed by atoms with Gasteiger partial charge in [0, 0.05) is 0 Å². The van der Waals surface area contributed by atoms with Crippen molar-refractivity contribution in [2.75, 3.05) is 0 Å². The van der Waals surface area contributed by atoms with Gasteiger partial charge in [0.1, 0.15) is 57.0 Å². The van der Waals surface area contributed by atoms with Crippen molar-refractivity contribution in [3.05, 3.63) is 235 Å². The molecule has 8 aromatic rings. The van der Waals surface area contributed by atoms with Crippen molar-refractivity contribution in [3.8, 4) is 0 Å². The molecular formula is C64H68P2+2. The zero-order chi connectivity index (χ0) is 46.7. The average molecular weight is 899 g/mol. The fraction of sp³-hybridized carbons (Fsp3) is 0.250. The van der Waals surface area contributed by atoms with E-state index in [1.807, 2.05) is 0 Å². The highest BCUT2D eigenvalue weighted by molar-refractivity contribution is 8.02. The Labute approximate surface area is 398 Å². The molecule has 0 aliphatic heterocycles. The molecule has 0 saturated carbocycles. The smallest absolute Gasteiger partial charge is 0.0614 e. The number of benzene rings is 8. The Bertz CT molecular complexity index is 2590. The van der Waals surface area contributed by atoms with Crippen LogP contribution in [0.4, 0.5) is 0 Å². The first-order valence-corrected chi connectivity index (χ1v) is 27.7. The van der Waals surface area contributed by atoms with Crippen molar-refractivity contribution in [3.63, 3.8) is 0 Å². The molecule has 0 atom stereocenters. The van der Waals surface area contributed by atoms with Crippen LogP contribution in [0.5, 0.6) is 0 Å². The summed E-state index contributed by atoms with van der Waals surface area (Å²) in [6, 6.07) is 57.6. The van der Waals surface area contributed by atoms with Crippen molar-refractivity contribution in [1.82, 2.24) is 0 Å². The lowest BCUT2D eigenvalue weighted by Crippen LogP contribution is -2.46. The van der Waals surface area contributed by atoms with Crippen LogP contribution in [0, 0.1) is 83.1 Å². The van der Waals surface area contributed by atoms with E-state index in [0.717, 1.165) is 25.7 Å². The minimum atomic E-state index is -2.50. The molecule has 332 valence electrons. The van der Waals surface area contributed by atoms with E-state index in [0.29, 0.717) is 0 Å². The molecular weight excluding hydrogens is 831 g/mol. The maximum Gasteiger partial charge on any atom is 0.146 e. The van der Waals surface area contributed by atoms with E-state index in [4.69, 9.17) is 0 Å². The van der Waals surface area contributed by atoms with E-state index in [1.54, 1.807) is 10.6 Å². The molecule has 0 saturated heterocycles. The average Bonchev–Trinajstić information content (AvgIpc) is 3.26. The fourth-order valence-corrected chi connectivity index (χ4v) is 24.5. The first-order chi connectivity index (χ1) is 31.7. The SMILES string of the molecule is Cc1cccc(C)c1[P+](c1cc2ccc1CCc1ccc(c([P+](c3c(C)cccc3C)(c3c(C)cccc3C)c3c(C)cccc3C)c1)CC2)(c1c(C)cccc1C)c1c(C)cccc1C. The molecule has 0 amide bonds. The van der Waals surface area contributed by atoms with Gasteiger partial charge in [-0.1, -0.05) is 133 Å². The molecule has 66 heavy (non-hydrogen) atoms. The minimum Gasteiger partial charge on any atom is -0.0614 e. The van der Waals surface area contributed by atoms with E-state index >= 15 is 0 Å². The molecule has 0 spiro atoms. The van der Waals surface area contributed by atoms with Gasteiger partial charge in [0.05, 0.1) is 0 Å². The largest absolute Gasteiger partial charge is 0.146 e. The molecule has 0 fully saturated rings. The molecule has 4 aliphatic rings. The Balaban J connectivity index is 1.37. The summed E-state index contributed by atoms with van der Waals surface area (Å²) >= 11 is 0. The Morgan fingerprint density at radius 3 is 0.636 bits per heavy atom. The van der Waals surface area contributed by atoms with Crippen molar-refractivity contribution in [2.45, 2.75) is 109 Å². The maximum absolute atomic E-state index is 2.71. The lowest BCUT2D eigenvalue weighted by Gasteiger charge is -2.36. The summed E-state index contributed by atoms with van der Waals surface area (Å²) in [5, 5.41) is 12.3. The standard InChI is InChI=1S/C64H68P2/c1-41-19-13-20-42(2)59(41)65(60-43(3)21-14-22-44(60)4,61-45(5)23-15-24-46(61)6)57-39-53-31-35-55(57)37-33-54-32-36-56(38-34-53)58(40-54)66(62-47(7)25-16-26-48(62)8,63-49(9)27-17-28-50(63)10)64-51(11)29-18-30-52(64)12/h13-32,35-36,39-40H,33-34,37-38H2,1-12H3/q+2. The van der Waals surface area contributed by atoms with Crippen LogP contribution in [0.1, 0.15) is 89.0 Å². The second kappa shape index (κ2) is 18.0. The summed E-state index contributed by atoms with van der Waals surface area (Å²) in [5.41, 5.74) is 22.4. The van der Waals surface area contributed by atoms with Crippen LogP contribution < -0.4 is 42.4 Å². The van der Waals surface area contributed by atoms with E-state index in [1.165, 1.54) is 121 Å². The van der Waals surface area contributed by atoms with Gasteiger partial charge in [-0.15, -0.1) is 0 Å². The van der Waals surface area contributed by atoms with Crippen LogP contribution in [0.15, 0.2) is 146 Å². The van der Waals surface area contributed by atoms with Gasteiger partial charge in [-0.3, -0.25) is 0 Å². The van der Waals surface area contributed by atoms with Gasteiger partial charge in [0.2, 0.25) is 0 Å². The highest BCUT2D eigenvalue weighted by atomic mass is 31.2. The van der Waals surface area contributed by atoms with Gasteiger partial charge in [-0.2, -0.15) is 0 Å². The Morgan fingerprint density at radius 2 is 0.439 bits per heavy atom. The second-order valence-corrected chi connectivity index (χ2v) is 26.0. The van der Waals surface area contributed by atoms with Gasteiger partial charge in [0.25, 0.3) is 0 Å². The van der Waals surface area contributed by atoms with Crippen LogP contribution in [-0.2, 0) is 25.7 Å². The quantitative estimate of drug-likeness (QED) is 0.133. The van der Waals surface area contributed by atoms with Crippen molar-refractivity contribution < 1.29 is 0 Å². The first kappa shape index (κ1) is 45.8. The first-order valence-electron chi connectivity index (χ1n) is 24.1. The monoisotopic (exact) mass is 898 g/mol. The number of rotatable bonds is 8. The second-order valence-electron chi connectivity index (χ2n) is 19.7. The highest BCUT2D eigenvalue weighted by Gasteiger charge is 2.56. The van der Waals surface area contributed by atoms with Gasteiger partial charge in [-0.05, 0) is 210 Å². The van der Waals surface area contributed by atoms with Gasteiger partial charge >= 0.3 is 0 Å². The zero-order valence-electron chi connectivity index (χ0n) is 41.6. The molecule has 4 aliphatic carbocycles. The molecule has 2 heteroatoms. The van der Waals surface area contributed by atoms with Crippen LogP contribution in [-0.4, -0.2) is 0 Å². The molecule has 0 heterocycles. The Hall–Kier alpha value is -5.38. The Kier molecular flexibility index (Phi) is 12.5. The van der Waals surface area contributed by atoms with Crippen molar-refractivity contribution >= 4 is 57.0 Å². The molecule has 8 aromatic carbocycles. The number of aryl methyl sites for hydroxylation is 16.